The van der Waals surface area contributed by atoms with Crippen LogP contribution >= 0.6 is 11.3 Å². The lowest BCUT2D eigenvalue weighted by Gasteiger charge is -1.98. The average Bonchev–Trinajstić information content (AvgIpc) is 2.11. The van der Waals surface area contributed by atoms with Gasteiger partial charge in [0.15, 0.2) is 5.13 Å². The minimum atomic E-state index is -4.31. The molecule has 0 radical (unpaired) electrons. The number of hydrogen-bond acceptors (Lipinski definition) is 3. The van der Waals surface area contributed by atoms with Crippen LogP contribution in [0.25, 0.3) is 0 Å². The molecular formula is C4H3F3N2S. The molecule has 0 bridgehead atoms. The number of nitrogens with two attached hydrogens (primary N) is 1. The molecule has 10 heavy (non-hydrogen) atoms. The van der Waals surface area contributed by atoms with E-state index in [1.54, 1.807) is 0 Å². The summed E-state index contributed by atoms with van der Waals surface area (Å²) in [6.45, 7) is 0. The fourth-order valence-corrected chi connectivity index (χ4v) is 0.971. The highest BCUT2D eigenvalue weighted by molar-refractivity contribution is 7.15. The summed E-state index contributed by atoms with van der Waals surface area (Å²) in [5.74, 6) is 0. The van der Waals surface area contributed by atoms with Gasteiger partial charge >= 0.3 is 6.18 Å². The lowest BCUT2D eigenvalue weighted by Crippen LogP contribution is -2.00. The fraction of sp³-hybridized carbons (Fsp3) is 0.250. The van der Waals surface area contributed by atoms with Crippen LogP contribution in [-0.4, -0.2) is 4.98 Å². The summed E-state index contributed by atoms with van der Waals surface area (Å²) < 4.78 is 35.1. The second-order valence-electron chi connectivity index (χ2n) is 1.56. The third-order valence-electron chi connectivity index (χ3n) is 0.803. The number of thiazole rings is 1. The lowest BCUT2D eigenvalue weighted by atomic mass is 10.5. The van der Waals surface area contributed by atoms with Crippen LogP contribution in [0.15, 0.2) is 6.20 Å². The Balaban J connectivity index is 2.96. The Morgan fingerprint density at radius 1 is 1.50 bits per heavy atom. The maximum Gasteiger partial charge on any atom is 0.427 e. The van der Waals surface area contributed by atoms with Crippen molar-refractivity contribution >= 4 is 16.5 Å². The van der Waals surface area contributed by atoms with Crippen molar-refractivity contribution in [2.45, 2.75) is 6.18 Å². The molecule has 0 unspecified atom stereocenters. The Hall–Kier alpha value is -0.780. The first-order chi connectivity index (χ1) is 4.50. The van der Waals surface area contributed by atoms with Crippen molar-refractivity contribution in [1.82, 2.24) is 4.98 Å². The molecule has 1 rings (SSSR count). The summed E-state index contributed by atoms with van der Waals surface area (Å²) in [7, 11) is 0. The van der Waals surface area contributed by atoms with Crippen LogP contribution in [0.3, 0.4) is 0 Å². The number of anilines is 1. The number of halogens is 3. The van der Waals surface area contributed by atoms with Gasteiger partial charge in [-0.15, -0.1) is 0 Å². The van der Waals surface area contributed by atoms with Crippen molar-refractivity contribution < 1.29 is 13.2 Å². The van der Waals surface area contributed by atoms with Gasteiger partial charge in [0, 0.05) is 0 Å². The summed E-state index contributed by atoms with van der Waals surface area (Å²) in [6, 6.07) is 0. The van der Waals surface area contributed by atoms with Gasteiger partial charge in [0.25, 0.3) is 0 Å². The first-order valence-electron chi connectivity index (χ1n) is 2.28. The van der Waals surface area contributed by atoms with Crippen LogP contribution in [0.4, 0.5) is 18.3 Å². The van der Waals surface area contributed by atoms with Crippen molar-refractivity contribution in [3.05, 3.63) is 11.1 Å². The van der Waals surface area contributed by atoms with Gasteiger partial charge in [-0.25, -0.2) is 4.98 Å². The molecule has 1 aromatic rings. The van der Waals surface area contributed by atoms with Crippen LogP contribution in [-0.2, 0) is 6.18 Å². The second kappa shape index (κ2) is 2.12. The van der Waals surface area contributed by atoms with Gasteiger partial charge in [-0.1, -0.05) is 11.3 Å². The quantitative estimate of drug-likeness (QED) is 0.640. The number of rotatable bonds is 0. The highest BCUT2D eigenvalue weighted by Gasteiger charge is 2.32. The van der Waals surface area contributed by atoms with Crippen LogP contribution < -0.4 is 5.73 Å². The lowest BCUT2D eigenvalue weighted by molar-refractivity contribution is -0.134. The summed E-state index contributed by atoms with van der Waals surface area (Å²) in [6.07, 6.45) is -3.59. The van der Waals surface area contributed by atoms with Crippen LogP contribution in [0.5, 0.6) is 0 Å². The van der Waals surface area contributed by atoms with E-state index in [4.69, 9.17) is 5.73 Å². The molecule has 0 saturated heterocycles. The molecule has 1 heterocycles. The molecule has 0 atom stereocenters. The van der Waals surface area contributed by atoms with E-state index in [2.05, 4.69) is 4.98 Å². The number of nitrogens with zero attached hydrogens (tertiary/aromatic N) is 1. The topological polar surface area (TPSA) is 38.9 Å². The van der Waals surface area contributed by atoms with E-state index in [1.165, 1.54) is 0 Å². The Kier molecular flexibility index (Phi) is 1.55. The molecule has 56 valence electrons. The zero-order valence-corrected chi connectivity index (χ0v) is 5.46. The normalized spacial score (nSPS) is 11.9. The van der Waals surface area contributed by atoms with E-state index >= 15 is 0 Å². The number of alkyl halides is 3. The van der Waals surface area contributed by atoms with E-state index < -0.39 is 11.1 Å². The zero-order valence-electron chi connectivity index (χ0n) is 4.64. The van der Waals surface area contributed by atoms with E-state index in [9.17, 15) is 13.2 Å². The Bertz CT molecular complexity index is 229. The predicted octanol–water partition coefficient (Wildman–Crippen LogP) is 1.74. The van der Waals surface area contributed by atoms with Gasteiger partial charge in [0.2, 0.25) is 0 Å². The Morgan fingerprint density at radius 3 is 2.30 bits per heavy atom. The Morgan fingerprint density at radius 2 is 2.10 bits per heavy atom. The SMILES string of the molecule is Nc1ncc(C(F)(F)F)s1. The van der Waals surface area contributed by atoms with Crippen LogP contribution in [0, 0.1) is 0 Å². The largest absolute Gasteiger partial charge is 0.427 e. The van der Waals surface area contributed by atoms with E-state index in [1.807, 2.05) is 0 Å². The highest BCUT2D eigenvalue weighted by atomic mass is 32.1. The van der Waals surface area contributed by atoms with E-state index in [0.29, 0.717) is 11.3 Å². The molecule has 1 aromatic heterocycles. The van der Waals surface area contributed by atoms with Crippen molar-refractivity contribution in [1.29, 1.82) is 0 Å². The molecule has 0 spiro atoms. The number of nitrogen functional groups attached to an aromatic ring is 1. The second-order valence-corrected chi connectivity index (χ2v) is 2.62. The van der Waals surface area contributed by atoms with Gasteiger partial charge in [0.1, 0.15) is 4.88 Å². The molecule has 0 saturated carbocycles. The molecule has 0 aromatic carbocycles. The molecular weight excluding hydrogens is 165 g/mol. The summed E-state index contributed by atoms with van der Waals surface area (Å²) >= 11 is 0.436. The molecule has 0 aliphatic carbocycles. The summed E-state index contributed by atoms with van der Waals surface area (Å²) in [4.78, 5) is 2.50. The minimum Gasteiger partial charge on any atom is -0.375 e. The first-order valence-corrected chi connectivity index (χ1v) is 3.10. The monoisotopic (exact) mass is 168 g/mol. The van der Waals surface area contributed by atoms with Crippen molar-refractivity contribution in [3.8, 4) is 0 Å². The smallest absolute Gasteiger partial charge is 0.375 e. The standard InChI is InChI=1S/C4H3F3N2S/c5-4(6,7)2-1-9-3(8)10-2/h1H,(H2,8,9). The predicted molar refractivity (Wildman–Crippen MR) is 31.5 cm³/mol. The van der Waals surface area contributed by atoms with Gasteiger partial charge in [-0.05, 0) is 0 Å². The van der Waals surface area contributed by atoms with E-state index in [0.717, 1.165) is 6.20 Å². The first kappa shape index (κ1) is 7.33. The fourth-order valence-electron chi connectivity index (χ4n) is 0.419. The average molecular weight is 168 g/mol. The maximum absolute atomic E-state index is 11.7. The third kappa shape index (κ3) is 1.38. The number of hydrogen-bond donors (Lipinski definition) is 1. The highest BCUT2D eigenvalue weighted by Crippen LogP contribution is 2.33. The Labute approximate surface area is 58.5 Å². The molecule has 2 N–H and O–H groups in total. The van der Waals surface area contributed by atoms with Crippen molar-refractivity contribution in [2.75, 3.05) is 5.73 Å². The molecule has 2 nitrogen and oxygen atoms in total. The van der Waals surface area contributed by atoms with Gasteiger partial charge < -0.3 is 5.73 Å². The van der Waals surface area contributed by atoms with Gasteiger partial charge in [-0.3, -0.25) is 0 Å². The zero-order chi connectivity index (χ0) is 7.78. The van der Waals surface area contributed by atoms with Crippen LogP contribution in [0.2, 0.25) is 0 Å². The molecule has 6 heteroatoms. The van der Waals surface area contributed by atoms with Crippen LogP contribution in [0.1, 0.15) is 4.88 Å². The summed E-state index contributed by atoms with van der Waals surface area (Å²) in [5.41, 5.74) is 4.98. The summed E-state index contributed by atoms with van der Waals surface area (Å²) in [5, 5.41) is -0.0627. The number of aromatic nitrogens is 1. The third-order valence-corrected chi connectivity index (χ3v) is 1.67. The minimum absolute atomic E-state index is 0.0627. The van der Waals surface area contributed by atoms with Gasteiger partial charge in [0.05, 0.1) is 6.20 Å². The molecule has 0 aliphatic heterocycles. The molecule has 0 aliphatic rings. The van der Waals surface area contributed by atoms with E-state index in [-0.39, 0.29) is 5.13 Å². The van der Waals surface area contributed by atoms with Gasteiger partial charge in [-0.2, -0.15) is 13.2 Å². The molecule has 0 fully saturated rings. The molecule has 0 amide bonds. The van der Waals surface area contributed by atoms with Crippen molar-refractivity contribution in [3.63, 3.8) is 0 Å². The van der Waals surface area contributed by atoms with Crippen molar-refractivity contribution in [2.24, 2.45) is 0 Å². The maximum atomic E-state index is 11.7.